The molecule has 0 atom stereocenters. The number of nitrogens with zero attached hydrogens (tertiary/aromatic N) is 1. The molecule has 0 radical (unpaired) electrons. The van der Waals surface area contributed by atoms with Gasteiger partial charge in [0.2, 0.25) is 5.91 Å². The Balaban J connectivity index is 2.08. The minimum absolute atomic E-state index is 0.0706. The lowest BCUT2D eigenvalue weighted by Gasteiger charge is -2.06. The van der Waals surface area contributed by atoms with Crippen LogP contribution in [-0.2, 0) is 20.9 Å². The zero-order chi connectivity index (χ0) is 15.5. The number of carbonyl (C=O) groups is 2. The van der Waals surface area contributed by atoms with Crippen LogP contribution in [0.15, 0.2) is 29.2 Å². The number of carbonyl (C=O) groups excluding carboxylic acids is 2. The molecule has 0 aromatic carbocycles. The third kappa shape index (κ3) is 7.29. The van der Waals surface area contributed by atoms with Crippen molar-refractivity contribution in [2.45, 2.75) is 38.6 Å². The van der Waals surface area contributed by atoms with Crippen LogP contribution in [0.3, 0.4) is 0 Å². The van der Waals surface area contributed by atoms with Gasteiger partial charge in [0, 0.05) is 38.2 Å². The quantitative estimate of drug-likeness (QED) is 0.546. The first-order chi connectivity index (χ1) is 10.1. The van der Waals surface area contributed by atoms with Crippen molar-refractivity contribution in [3.05, 3.63) is 34.7 Å². The van der Waals surface area contributed by atoms with E-state index in [1.54, 1.807) is 18.3 Å². The summed E-state index contributed by atoms with van der Waals surface area (Å²) in [6.07, 6.45) is 4.83. The molecule has 0 aliphatic carbocycles. The maximum absolute atomic E-state index is 11.6. The molecule has 1 aromatic rings. The van der Waals surface area contributed by atoms with Crippen LogP contribution in [0.5, 0.6) is 0 Å². The van der Waals surface area contributed by atoms with Crippen molar-refractivity contribution < 1.29 is 14.3 Å². The van der Waals surface area contributed by atoms with E-state index >= 15 is 0 Å². The molecule has 0 saturated heterocycles. The summed E-state index contributed by atoms with van der Waals surface area (Å²) in [5.41, 5.74) is -0.104. The number of hydrogen-bond donors (Lipinski definition) is 1. The number of hydrogen-bond acceptors (Lipinski definition) is 4. The van der Waals surface area contributed by atoms with Gasteiger partial charge in [-0.25, -0.2) is 0 Å². The number of esters is 1. The molecule has 0 bridgehead atoms. The topological polar surface area (TPSA) is 77.4 Å². The van der Waals surface area contributed by atoms with E-state index < -0.39 is 0 Å². The van der Waals surface area contributed by atoms with Gasteiger partial charge in [-0.1, -0.05) is 12.5 Å². The fourth-order valence-corrected chi connectivity index (χ4v) is 1.86. The van der Waals surface area contributed by atoms with Gasteiger partial charge in [-0.2, -0.15) is 0 Å². The minimum atomic E-state index is -0.202. The molecular weight excluding hydrogens is 272 g/mol. The van der Waals surface area contributed by atoms with Gasteiger partial charge in [-0.3, -0.25) is 14.4 Å². The summed E-state index contributed by atoms with van der Waals surface area (Å²) in [7, 11) is 1.38. The van der Waals surface area contributed by atoms with Crippen molar-refractivity contribution in [2.24, 2.45) is 0 Å². The van der Waals surface area contributed by atoms with E-state index in [9.17, 15) is 14.4 Å². The summed E-state index contributed by atoms with van der Waals surface area (Å²) >= 11 is 0. The van der Waals surface area contributed by atoms with Crippen LogP contribution in [0.4, 0.5) is 0 Å². The largest absolute Gasteiger partial charge is 0.469 e. The van der Waals surface area contributed by atoms with E-state index in [-0.39, 0.29) is 23.9 Å². The standard InChI is InChI=1S/C15H22N2O4/c1-21-15(20)8-3-2-5-10-16-13(18)9-12-17-11-6-4-7-14(17)19/h4,6-7,11H,2-3,5,8-10,12H2,1H3,(H,16,18). The normalized spacial score (nSPS) is 10.1. The summed E-state index contributed by atoms with van der Waals surface area (Å²) in [5.74, 6) is -0.272. The van der Waals surface area contributed by atoms with Crippen molar-refractivity contribution in [3.8, 4) is 0 Å². The van der Waals surface area contributed by atoms with E-state index in [1.807, 2.05) is 0 Å². The van der Waals surface area contributed by atoms with Gasteiger partial charge >= 0.3 is 5.97 Å². The van der Waals surface area contributed by atoms with Gasteiger partial charge in [0.15, 0.2) is 0 Å². The number of methoxy groups -OCH3 is 1. The highest BCUT2D eigenvalue weighted by molar-refractivity contribution is 5.75. The number of aromatic nitrogens is 1. The molecule has 1 heterocycles. The molecule has 0 aliphatic rings. The fraction of sp³-hybridized carbons (Fsp3) is 0.533. The maximum atomic E-state index is 11.6. The first kappa shape index (κ1) is 16.9. The van der Waals surface area contributed by atoms with Gasteiger partial charge in [0.25, 0.3) is 5.56 Å². The van der Waals surface area contributed by atoms with Crippen molar-refractivity contribution in [2.75, 3.05) is 13.7 Å². The van der Waals surface area contributed by atoms with Gasteiger partial charge in [0.05, 0.1) is 7.11 Å². The van der Waals surface area contributed by atoms with Gasteiger partial charge < -0.3 is 14.6 Å². The van der Waals surface area contributed by atoms with Gasteiger partial charge in [-0.05, 0) is 18.9 Å². The molecule has 21 heavy (non-hydrogen) atoms. The molecular formula is C15H22N2O4. The summed E-state index contributed by atoms with van der Waals surface area (Å²) in [6, 6.07) is 4.91. The van der Waals surface area contributed by atoms with Crippen molar-refractivity contribution in [3.63, 3.8) is 0 Å². The van der Waals surface area contributed by atoms with E-state index in [1.165, 1.54) is 17.7 Å². The number of nitrogens with one attached hydrogen (secondary N) is 1. The zero-order valence-corrected chi connectivity index (χ0v) is 12.3. The summed E-state index contributed by atoms with van der Waals surface area (Å²) < 4.78 is 6.05. The number of pyridine rings is 1. The van der Waals surface area contributed by atoms with E-state index in [0.29, 0.717) is 19.5 Å². The number of amides is 1. The first-order valence-corrected chi connectivity index (χ1v) is 7.12. The Morgan fingerprint density at radius 3 is 2.71 bits per heavy atom. The van der Waals surface area contributed by atoms with Gasteiger partial charge in [-0.15, -0.1) is 0 Å². The van der Waals surface area contributed by atoms with Crippen molar-refractivity contribution in [1.29, 1.82) is 0 Å². The minimum Gasteiger partial charge on any atom is -0.469 e. The maximum Gasteiger partial charge on any atom is 0.305 e. The highest BCUT2D eigenvalue weighted by atomic mass is 16.5. The zero-order valence-electron chi connectivity index (χ0n) is 12.3. The van der Waals surface area contributed by atoms with Crippen molar-refractivity contribution in [1.82, 2.24) is 9.88 Å². The fourth-order valence-electron chi connectivity index (χ4n) is 1.86. The molecule has 6 heteroatoms. The van der Waals surface area contributed by atoms with Crippen LogP contribution in [0, 0.1) is 0 Å². The van der Waals surface area contributed by atoms with E-state index in [2.05, 4.69) is 10.1 Å². The molecule has 0 saturated carbocycles. The average molecular weight is 294 g/mol. The monoisotopic (exact) mass is 294 g/mol. The molecule has 0 unspecified atom stereocenters. The number of rotatable bonds is 9. The summed E-state index contributed by atoms with van der Waals surface area (Å²) in [6.45, 7) is 0.970. The third-order valence-electron chi connectivity index (χ3n) is 3.09. The Bertz CT molecular complexity index is 510. The molecule has 1 N–H and O–H groups in total. The van der Waals surface area contributed by atoms with Crippen LogP contribution < -0.4 is 10.9 Å². The second-order valence-electron chi connectivity index (χ2n) is 4.72. The van der Waals surface area contributed by atoms with Gasteiger partial charge in [0.1, 0.15) is 0 Å². The second kappa shape index (κ2) is 9.74. The van der Waals surface area contributed by atoms with Crippen LogP contribution in [-0.4, -0.2) is 30.1 Å². The number of ether oxygens (including phenoxy) is 1. The molecule has 0 aliphatic heterocycles. The predicted octanol–water partition coefficient (Wildman–Crippen LogP) is 1.09. The number of aryl methyl sites for hydroxylation is 1. The highest BCUT2D eigenvalue weighted by Gasteiger charge is 2.03. The Labute approximate surface area is 124 Å². The Morgan fingerprint density at radius 1 is 1.19 bits per heavy atom. The van der Waals surface area contributed by atoms with Crippen LogP contribution in [0.2, 0.25) is 0 Å². The average Bonchev–Trinajstić information content (AvgIpc) is 2.49. The molecule has 0 spiro atoms. The summed E-state index contributed by atoms with van der Waals surface area (Å²) in [5, 5.41) is 2.80. The van der Waals surface area contributed by atoms with E-state index in [4.69, 9.17) is 0 Å². The Morgan fingerprint density at radius 2 is 2.00 bits per heavy atom. The molecule has 0 fully saturated rings. The number of unbranched alkanes of at least 4 members (excludes halogenated alkanes) is 2. The smallest absolute Gasteiger partial charge is 0.305 e. The Kier molecular flexibility index (Phi) is 7.86. The van der Waals surface area contributed by atoms with Crippen LogP contribution in [0.25, 0.3) is 0 Å². The van der Waals surface area contributed by atoms with Crippen LogP contribution >= 0.6 is 0 Å². The molecule has 1 amide bonds. The molecule has 116 valence electrons. The lowest BCUT2D eigenvalue weighted by molar-refractivity contribution is -0.140. The molecule has 6 nitrogen and oxygen atoms in total. The summed E-state index contributed by atoms with van der Waals surface area (Å²) in [4.78, 5) is 33.9. The molecule has 1 rings (SSSR count). The predicted molar refractivity (Wildman–Crippen MR) is 78.8 cm³/mol. The van der Waals surface area contributed by atoms with E-state index in [0.717, 1.165) is 19.3 Å². The Hall–Kier alpha value is -2.11. The second-order valence-corrected chi connectivity index (χ2v) is 4.72. The highest BCUT2D eigenvalue weighted by Crippen LogP contribution is 2.00. The first-order valence-electron chi connectivity index (χ1n) is 7.12. The SMILES string of the molecule is COC(=O)CCCCCNC(=O)CCn1ccccc1=O. The lowest BCUT2D eigenvalue weighted by atomic mass is 10.2. The lowest BCUT2D eigenvalue weighted by Crippen LogP contribution is -2.27. The van der Waals surface area contributed by atoms with Crippen molar-refractivity contribution >= 4 is 11.9 Å². The van der Waals surface area contributed by atoms with Crippen LogP contribution in [0.1, 0.15) is 32.1 Å². The third-order valence-corrected chi connectivity index (χ3v) is 3.09. The molecule has 1 aromatic heterocycles.